The summed E-state index contributed by atoms with van der Waals surface area (Å²) in [4.78, 5) is 33.2. The predicted molar refractivity (Wildman–Crippen MR) is 75.1 cm³/mol. The van der Waals surface area contributed by atoms with Gasteiger partial charge in [0.2, 0.25) is 5.91 Å². The van der Waals surface area contributed by atoms with Crippen LogP contribution in [0.2, 0.25) is 0 Å². The third-order valence-electron chi connectivity index (χ3n) is 2.90. The number of carboxylic acids is 1. The first-order chi connectivity index (χ1) is 9.36. The molecule has 116 valence electrons. The van der Waals surface area contributed by atoms with Crippen LogP contribution in [0, 0.1) is 0 Å². The minimum Gasteiger partial charge on any atom is -0.480 e. The Labute approximate surface area is 119 Å². The first-order valence-corrected chi connectivity index (χ1v) is 6.95. The van der Waals surface area contributed by atoms with E-state index < -0.39 is 23.9 Å². The number of primary amides is 1. The smallest absolute Gasteiger partial charge is 0.326 e. The van der Waals surface area contributed by atoms with E-state index in [9.17, 15) is 14.4 Å². The Bertz CT molecular complexity index is 334. The van der Waals surface area contributed by atoms with E-state index in [1.807, 2.05) is 6.92 Å². The number of nitrogens with one attached hydrogen (secondary N) is 2. The van der Waals surface area contributed by atoms with Gasteiger partial charge in [0, 0.05) is 12.5 Å². The molecule has 0 saturated carbocycles. The van der Waals surface area contributed by atoms with Gasteiger partial charge in [-0.2, -0.15) is 0 Å². The Morgan fingerprint density at radius 3 is 2.30 bits per heavy atom. The average molecular weight is 287 g/mol. The van der Waals surface area contributed by atoms with Crippen LogP contribution in [0.25, 0.3) is 0 Å². The zero-order valence-corrected chi connectivity index (χ0v) is 12.1. The van der Waals surface area contributed by atoms with Gasteiger partial charge in [-0.25, -0.2) is 9.59 Å². The van der Waals surface area contributed by atoms with Gasteiger partial charge in [-0.15, -0.1) is 0 Å². The molecule has 5 N–H and O–H groups in total. The molecular weight excluding hydrogens is 262 g/mol. The van der Waals surface area contributed by atoms with Gasteiger partial charge in [-0.3, -0.25) is 4.79 Å². The quantitative estimate of drug-likeness (QED) is 0.447. The molecule has 0 radical (unpaired) electrons. The summed E-state index contributed by atoms with van der Waals surface area (Å²) in [5, 5.41) is 14.0. The van der Waals surface area contributed by atoms with Crippen molar-refractivity contribution in [3.8, 4) is 0 Å². The largest absolute Gasteiger partial charge is 0.480 e. The lowest BCUT2D eigenvalue weighted by molar-refractivity contribution is -0.139. The molecule has 0 rings (SSSR count). The topological polar surface area (TPSA) is 122 Å². The summed E-state index contributed by atoms with van der Waals surface area (Å²) in [6.07, 6.45) is 3.98. The summed E-state index contributed by atoms with van der Waals surface area (Å²) in [5.74, 6) is -1.77. The standard InChI is InChI=1S/C13H25N3O4/c1-3-4-5-6-9(2)15-13(20)16-10(12(18)19)7-8-11(14)17/h9-10H,3-8H2,1-2H3,(H2,14,17)(H,18,19)(H2,15,16,20). The second-order valence-electron chi connectivity index (χ2n) is 4.91. The van der Waals surface area contributed by atoms with Crippen molar-refractivity contribution in [3.05, 3.63) is 0 Å². The Kier molecular flexibility index (Phi) is 9.15. The Balaban J connectivity index is 4.11. The molecule has 2 unspecified atom stereocenters. The molecule has 7 nitrogen and oxygen atoms in total. The van der Waals surface area contributed by atoms with E-state index >= 15 is 0 Å². The van der Waals surface area contributed by atoms with Crippen molar-refractivity contribution in [2.75, 3.05) is 0 Å². The third-order valence-corrected chi connectivity index (χ3v) is 2.90. The number of amides is 3. The molecule has 0 heterocycles. The highest BCUT2D eigenvalue weighted by Crippen LogP contribution is 2.03. The van der Waals surface area contributed by atoms with Crippen molar-refractivity contribution in [3.63, 3.8) is 0 Å². The summed E-state index contributed by atoms with van der Waals surface area (Å²) in [5.41, 5.74) is 4.96. The average Bonchev–Trinajstić information content (AvgIpc) is 2.34. The maximum absolute atomic E-state index is 11.6. The molecule has 0 fully saturated rings. The SMILES string of the molecule is CCCCCC(C)NC(=O)NC(CCC(N)=O)C(=O)O. The van der Waals surface area contributed by atoms with Gasteiger partial charge in [0.15, 0.2) is 0 Å². The zero-order chi connectivity index (χ0) is 15.5. The van der Waals surface area contributed by atoms with Gasteiger partial charge < -0.3 is 21.5 Å². The lowest BCUT2D eigenvalue weighted by Gasteiger charge is -2.18. The van der Waals surface area contributed by atoms with Crippen LogP contribution >= 0.6 is 0 Å². The molecule has 0 bridgehead atoms. The summed E-state index contributed by atoms with van der Waals surface area (Å²) in [7, 11) is 0. The molecule has 0 aromatic rings. The zero-order valence-electron chi connectivity index (χ0n) is 12.1. The van der Waals surface area contributed by atoms with E-state index in [4.69, 9.17) is 10.8 Å². The lowest BCUT2D eigenvalue weighted by Crippen LogP contribution is -2.48. The van der Waals surface area contributed by atoms with Crippen molar-refractivity contribution < 1.29 is 19.5 Å². The molecule has 0 spiro atoms. The first-order valence-electron chi connectivity index (χ1n) is 6.95. The number of carbonyl (C=O) groups is 3. The van der Waals surface area contributed by atoms with Gasteiger partial charge >= 0.3 is 12.0 Å². The molecule has 0 saturated heterocycles. The highest BCUT2D eigenvalue weighted by atomic mass is 16.4. The lowest BCUT2D eigenvalue weighted by atomic mass is 10.1. The Hall–Kier alpha value is -1.79. The molecular formula is C13H25N3O4. The van der Waals surface area contributed by atoms with Crippen molar-refractivity contribution >= 4 is 17.9 Å². The number of aliphatic carboxylic acids is 1. The van der Waals surface area contributed by atoms with Crippen LogP contribution in [-0.2, 0) is 9.59 Å². The molecule has 0 aromatic heterocycles. The number of hydrogen-bond acceptors (Lipinski definition) is 3. The fraction of sp³-hybridized carbons (Fsp3) is 0.769. The van der Waals surface area contributed by atoms with Crippen LogP contribution in [0.1, 0.15) is 52.4 Å². The maximum atomic E-state index is 11.6. The van der Waals surface area contributed by atoms with E-state index in [0.29, 0.717) is 0 Å². The van der Waals surface area contributed by atoms with Crippen LogP contribution in [0.3, 0.4) is 0 Å². The van der Waals surface area contributed by atoms with Crippen LogP contribution in [0.5, 0.6) is 0 Å². The van der Waals surface area contributed by atoms with Crippen LogP contribution < -0.4 is 16.4 Å². The van der Waals surface area contributed by atoms with Gasteiger partial charge in [0.05, 0.1) is 0 Å². The van der Waals surface area contributed by atoms with Crippen molar-refractivity contribution in [1.82, 2.24) is 10.6 Å². The molecule has 0 aliphatic carbocycles. The molecule has 20 heavy (non-hydrogen) atoms. The molecule has 0 aliphatic rings. The molecule has 0 aliphatic heterocycles. The number of hydrogen-bond donors (Lipinski definition) is 4. The van der Waals surface area contributed by atoms with Crippen molar-refractivity contribution in [1.29, 1.82) is 0 Å². The summed E-state index contributed by atoms with van der Waals surface area (Å²) >= 11 is 0. The summed E-state index contributed by atoms with van der Waals surface area (Å²) < 4.78 is 0. The number of urea groups is 1. The number of nitrogens with two attached hydrogens (primary N) is 1. The van der Waals surface area contributed by atoms with Crippen molar-refractivity contribution in [2.45, 2.75) is 64.5 Å². The van der Waals surface area contributed by atoms with Gasteiger partial charge in [0.25, 0.3) is 0 Å². The fourth-order valence-electron chi connectivity index (χ4n) is 1.74. The Morgan fingerprint density at radius 1 is 1.15 bits per heavy atom. The van der Waals surface area contributed by atoms with E-state index in [1.165, 1.54) is 0 Å². The Morgan fingerprint density at radius 2 is 1.80 bits per heavy atom. The van der Waals surface area contributed by atoms with E-state index in [0.717, 1.165) is 25.7 Å². The molecule has 3 amide bonds. The molecule has 2 atom stereocenters. The second-order valence-corrected chi connectivity index (χ2v) is 4.91. The molecule has 0 aromatic carbocycles. The van der Waals surface area contributed by atoms with E-state index in [-0.39, 0.29) is 18.9 Å². The first kappa shape index (κ1) is 18.2. The molecule has 7 heteroatoms. The summed E-state index contributed by atoms with van der Waals surface area (Å²) in [6.45, 7) is 3.97. The fourth-order valence-corrected chi connectivity index (χ4v) is 1.74. The highest BCUT2D eigenvalue weighted by molar-refractivity contribution is 5.83. The number of carboxylic acid groups (broad SMARTS) is 1. The maximum Gasteiger partial charge on any atom is 0.326 e. The normalized spacial score (nSPS) is 13.3. The van der Waals surface area contributed by atoms with E-state index in [2.05, 4.69) is 17.6 Å². The number of rotatable bonds is 10. The highest BCUT2D eigenvalue weighted by Gasteiger charge is 2.20. The van der Waals surface area contributed by atoms with Gasteiger partial charge in [0.1, 0.15) is 6.04 Å². The van der Waals surface area contributed by atoms with Crippen LogP contribution in [-0.4, -0.2) is 35.1 Å². The third kappa shape index (κ3) is 9.18. The van der Waals surface area contributed by atoms with Gasteiger partial charge in [-0.05, 0) is 19.8 Å². The van der Waals surface area contributed by atoms with Crippen LogP contribution in [0.15, 0.2) is 0 Å². The summed E-state index contributed by atoms with van der Waals surface area (Å²) in [6, 6.07) is -1.66. The number of unbranched alkanes of at least 4 members (excludes halogenated alkanes) is 2. The second kappa shape index (κ2) is 10.1. The van der Waals surface area contributed by atoms with Crippen molar-refractivity contribution in [2.24, 2.45) is 5.73 Å². The minimum atomic E-state index is -1.18. The number of carbonyl (C=O) groups excluding carboxylic acids is 2. The van der Waals surface area contributed by atoms with Crippen LogP contribution in [0.4, 0.5) is 4.79 Å². The predicted octanol–water partition coefficient (Wildman–Crippen LogP) is 0.973. The minimum absolute atomic E-state index is 0.0116. The van der Waals surface area contributed by atoms with Gasteiger partial charge in [-0.1, -0.05) is 26.2 Å². The van der Waals surface area contributed by atoms with E-state index in [1.54, 1.807) is 0 Å². The monoisotopic (exact) mass is 287 g/mol.